The fourth-order valence-corrected chi connectivity index (χ4v) is 2.06. The van der Waals surface area contributed by atoms with Crippen LogP contribution >= 0.6 is 11.8 Å². The molecule has 0 saturated heterocycles. The second kappa shape index (κ2) is 5.02. The monoisotopic (exact) mass is 260 g/mol. The van der Waals surface area contributed by atoms with E-state index in [0.717, 1.165) is 5.56 Å². The van der Waals surface area contributed by atoms with Crippen molar-refractivity contribution in [2.24, 2.45) is 0 Å². The molecule has 0 aromatic heterocycles. The van der Waals surface area contributed by atoms with E-state index >= 15 is 0 Å². The van der Waals surface area contributed by atoms with Crippen molar-refractivity contribution in [3.05, 3.63) is 47.7 Å². The van der Waals surface area contributed by atoms with Crippen molar-refractivity contribution in [2.45, 2.75) is 24.3 Å². The van der Waals surface area contributed by atoms with E-state index in [9.17, 15) is 4.79 Å². The molecule has 1 aliphatic heterocycles. The minimum atomic E-state index is -0.720. The maximum absolute atomic E-state index is 11.6. The van der Waals surface area contributed by atoms with E-state index in [-0.39, 0.29) is 5.78 Å². The predicted molar refractivity (Wildman–Crippen MR) is 75.5 cm³/mol. The molecule has 0 spiro atoms. The van der Waals surface area contributed by atoms with Crippen LogP contribution in [0.2, 0.25) is 0 Å². The lowest BCUT2D eigenvalue weighted by Gasteiger charge is -2.16. The maximum atomic E-state index is 11.6. The number of allylic oxidation sites excluding steroid dienone is 1. The first-order chi connectivity index (χ1) is 8.51. The summed E-state index contributed by atoms with van der Waals surface area (Å²) in [5, 5.41) is 0. The average Bonchev–Trinajstić information content (AvgIpc) is 2.61. The molecule has 1 aromatic carbocycles. The summed E-state index contributed by atoms with van der Waals surface area (Å²) in [6.07, 6.45) is 7.38. The van der Waals surface area contributed by atoms with Crippen molar-refractivity contribution in [3.63, 3.8) is 0 Å². The number of thioether (sulfide) groups is 1. The van der Waals surface area contributed by atoms with Crippen LogP contribution in [-0.2, 0) is 9.53 Å². The number of ketones is 1. The van der Waals surface area contributed by atoms with Gasteiger partial charge in [0.05, 0.1) is 0 Å². The van der Waals surface area contributed by atoms with Crippen LogP contribution in [0.15, 0.2) is 47.1 Å². The lowest BCUT2D eigenvalue weighted by Crippen LogP contribution is -2.27. The summed E-state index contributed by atoms with van der Waals surface area (Å²) >= 11 is 1.72. The van der Waals surface area contributed by atoms with E-state index < -0.39 is 5.60 Å². The van der Waals surface area contributed by atoms with E-state index in [1.165, 1.54) is 4.90 Å². The van der Waals surface area contributed by atoms with Crippen molar-refractivity contribution in [1.82, 2.24) is 0 Å². The van der Waals surface area contributed by atoms with Gasteiger partial charge in [0.15, 0.2) is 5.60 Å². The number of carbonyl (C=O) groups excluding carboxylic acids is 1. The standard InChI is InChI=1S/C15H16O2S/c1-15(2)14(16)10-12(17-15)7-4-11-5-8-13(18-3)9-6-11/h4-10H,1-3H3/b7-4+. The summed E-state index contributed by atoms with van der Waals surface area (Å²) in [5.41, 5.74) is 0.372. The van der Waals surface area contributed by atoms with Crippen LogP contribution < -0.4 is 0 Å². The summed E-state index contributed by atoms with van der Waals surface area (Å²) in [6, 6.07) is 8.24. The van der Waals surface area contributed by atoms with Gasteiger partial charge in [-0.15, -0.1) is 11.8 Å². The Hall–Kier alpha value is -1.48. The zero-order valence-electron chi connectivity index (χ0n) is 10.8. The molecule has 0 atom stereocenters. The molecule has 0 aliphatic carbocycles. The van der Waals surface area contributed by atoms with Gasteiger partial charge in [0.1, 0.15) is 5.76 Å². The minimum absolute atomic E-state index is 0.0138. The zero-order valence-corrected chi connectivity index (χ0v) is 11.6. The van der Waals surface area contributed by atoms with E-state index in [2.05, 4.69) is 18.4 Å². The molecule has 1 aromatic rings. The third-order valence-corrected chi connectivity index (χ3v) is 3.54. The highest BCUT2D eigenvalue weighted by Crippen LogP contribution is 2.25. The Bertz CT molecular complexity index is 510. The quantitative estimate of drug-likeness (QED) is 0.775. The van der Waals surface area contributed by atoms with Crippen LogP contribution in [0, 0.1) is 0 Å². The first-order valence-electron chi connectivity index (χ1n) is 5.78. The van der Waals surface area contributed by atoms with Gasteiger partial charge < -0.3 is 4.74 Å². The molecule has 0 fully saturated rings. The van der Waals surface area contributed by atoms with Crippen LogP contribution in [0.4, 0.5) is 0 Å². The SMILES string of the molecule is CSc1ccc(/C=C/C2=CC(=O)C(C)(C)O2)cc1. The zero-order chi connectivity index (χ0) is 13.2. The van der Waals surface area contributed by atoms with Gasteiger partial charge in [-0.2, -0.15) is 0 Å². The highest BCUT2D eigenvalue weighted by molar-refractivity contribution is 7.98. The van der Waals surface area contributed by atoms with E-state index in [1.807, 2.05) is 24.3 Å². The molecule has 2 rings (SSSR count). The van der Waals surface area contributed by atoms with Gasteiger partial charge in [-0.3, -0.25) is 4.79 Å². The number of hydrogen-bond acceptors (Lipinski definition) is 3. The molecule has 94 valence electrons. The van der Waals surface area contributed by atoms with E-state index in [1.54, 1.807) is 31.7 Å². The highest BCUT2D eigenvalue weighted by Gasteiger charge is 2.33. The number of ether oxygens (including phenoxy) is 1. The minimum Gasteiger partial charge on any atom is -0.480 e. The molecule has 0 radical (unpaired) electrons. The Labute approximate surface area is 112 Å². The van der Waals surface area contributed by atoms with Crippen molar-refractivity contribution in [1.29, 1.82) is 0 Å². The van der Waals surface area contributed by atoms with E-state index in [0.29, 0.717) is 5.76 Å². The Morgan fingerprint density at radius 2 is 1.83 bits per heavy atom. The number of rotatable bonds is 3. The summed E-state index contributed by atoms with van der Waals surface area (Å²) in [6.45, 7) is 3.56. The largest absolute Gasteiger partial charge is 0.480 e. The van der Waals surface area contributed by atoms with E-state index in [4.69, 9.17) is 4.74 Å². The smallest absolute Gasteiger partial charge is 0.202 e. The van der Waals surface area contributed by atoms with Crippen LogP contribution in [0.5, 0.6) is 0 Å². The summed E-state index contributed by atoms with van der Waals surface area (Å²) in [7, 11) is 0. The van der Waals surface area contributed by atoms with Crippen LogP contribution in [0.25, 0.3) is 6.08 Å². The molecule has 2 nitrogen and oxygen atoms in total. The van der Waals surface area contributed by atoms with Gasteiger partial charge in [0, 0.05) is 11.0 Å². The molecular weight excluding hydrogens is 244 g/mol. The van der Waals surface area contributed by atoms with Gasteiger partial charge in [-0.1, -0.05) is 18.2 Å². The topological polar surface area (TPSA) is 26.3 Å². The lowest BCUT2D eigenvalue weighted by molar-refractivity contribution is -0.126. The molecule has 0 saturated carbocycles. The van der Waals surface area contributed by atoms with Crippen LogP contribution in [0.3, 0.4) is 0 Å². The molecule has 1 aliphatic rings. The molecule has 0 unspecified atom stereocenters. The Morgan fingerprint density at radius 1 is 1.17 bits per heavy atom. The molecule has 18 heavy (non-hydrogen) atoms. The number of carbonyl (C=O) groups is 1. The van der Waals surface area contributed by atoms with Crippen molar-refractivity contribution in [2.75, 3.05) is 6.26 Å². The first-order valence-corrected chi connectivity index (χ1v) is 7.01. The number of benzene rings is 1. The maximum Gasteiger partial charge on any atom is 0.202 e. The summed E-state index contributed by atoms with van der Waals surface area (Å²) in [5.74, 6) is 0.638. The molecule has 1 heterocycles. The second-order valence-corrected chi connectivity index (χ2v) is 5.51. The fraction of sp³-hybridized carbons (Fsp3) is 0.267. The molecule has 0 N–H and O–H groups in total. The predicted octanol–water partition coefficient (Wildman–Crippen LogP) is 3.68. The number of hydrogen-bond donors (Lipinski definition) is 0. The Balaban J connectivity index is 2.08. The van der Waals surface area contributed by atoms with Gasteiger partial charge in [-0.25, -0.2) is 0 Å². The molecule has 0 amide bonds. The summed E-state index contributed by atoms with van der Waals surface area (Å²) < 4.78 is 5.55. The van der Waals surface area contributed by atoms with Crippen LogP contribution in [-0.4, -0.2) is 17.6 Å². The molecule has 0 bridgehead atoms. The van der Waals surface area contributed by atoms with Crippen LogP contribution in [0.1, 0.15) is 19.4 Å². The lowest BCUT2D eigenvalue weighted by atomic mass is 10.1. The van der Waals surface area contributed by atoms with Crippen molar-refractivity contribution < 1.29 is 9.53 Å². The fourth-order valence-electron chi connectivity index (χ4n) is 1.65. The molecular formula is C15H16O2S. The third-order valence-electron chi connectivity index (χ3n) is 2.80. The highest BCUT2D eigenvalue weighted by atomic mass is 32.2. The summed E-state index contributed by atoms with van der Waals surface area (Å²) in [4.78, 5) is 12.8. The van der Waals surface area contributed by atoms with Crippen molar-refractivity contribution >= 4 is 23.6 Å². The van der Waals surface area contributed by atoms with Crippen molar-refractivity contribution in [3.8, 4) is 0 Å². The molecule has 3 heteroatoms. The van der Waals surface area contributed by atoms with Gasteiger partial charge in [0.2, 0.25) is 5.78 Å². The Kier molecular flexibility index (Phi) is 3.62. The normalized spacial score (nSPS) is 17.9. The first kappa shape index (κ1) is 13.0. The third kappa shape index (κ3) is 2.85. The van der Waals surface area contributed by atoms with Gasteiger partial charge in [-0.05, 0) is 43.9 Å². The van der Waals surface area contributed by atoms with Gasteiger partial charge in [0.25, 0.3) is 0 Å². The van der Waals surface area contributed by atoms with Gasteiger partial charge >= 0.3 is 0 Å². The average molecular weight is 260 g/mol. The second-order valence-electron chi connectivity index (χ2n) is 4.63. The Morgan fingerprint density at radius 3 is 2.33 bits per heavy atom.